The maximum Gasteiger partial charge on any atom is 1.00 e. The number of aromatic hydroxyl groups is 1. The van der Waals surface area contributed by atoms with Crippen LogP contribution in [-0.2, 0) is 0 Å². The molecule has 9 heteroatoms. The molecule has 2 aromatic heterocycles. The first-order valence-electron chi connectivity index (χ1n) is 9.22. The molecule has 0 atom stereocenters. The first kappa shape index (κ1) is 23.0. The number of likely N-dealkylation sites (tertiary alicyclic amines) is 1. The molecule has 0 aliphatic carbocycles. The molecule has 27 heavy (non-hydrogen) atoms. The van der Waals surface area contributed by atoms with Crippen LogP contribution in [-0.4, -0.2) is 51.6 Å². The fraction of sp³-hybridized carbons (Fsp3) is 0.611. The van der Waals surface area contributed by atoms with E-state index in [2.05, 4.69) is 15.2 Å². The van der Waals surface area contributed by atoms with E-state index < -0.39 is 11.5 Å². The largest absolute Gasteiger partial charge is 1.00 e. The molecule has 0 spiro atoms. The standard InChI is InChI=1S/C18H26N4O3S.K.H/c1-12(2)22-17(25)13(15(23)14-18(22)26-11-20-14)16(24)19-7-6-10-21-8-4-3-5-9-21;;/h11-12,23H,3-10H2,1-2H3,(H,19,24);;/q;+1;-1. The zero-order valence-corrected chi connectivity index (χ0v) is 20.3. The van der Waals surface area contributed by atoms with Crippen LogP contribution < -0.4 is 62.3 Å². The average molecular weight is 419 g/mol. The van der Waals surface area contributed by atoms with Gasteiger partial charge in [0.2, 0.25) is 0 Å². The number of pyridine rings is 1. The molecule has 1 aliphatic rings. The predicted molar refractivity (Wildman–Crippen MR) is 104 cm³/mol. The van der Waals surface area contributed by atoms with Gasteiger partial charge in [0.25, 0.3) is 11.5 Å². The van der Waals surface area contributed by atoms with Crippen molar-refractivity contribution in [3.63, 3.8) is 0 Å². The maximum atomic E-state index is 12.8. The summed E-state index contributed by atoms with van der Waals surface area (Å²) >= 11 is 1.28. The number of amides is 1. The number of piperidine rings is 1. The van der Waals surface area contributed by atoms with Crippen molar-refractivity contribution in [3.8, 4) is 5.75 Å². The molecule has 0 radical (unpaired) electrons. The van der Waals surface area contributed by atoms with E-state index in [-0.39, 0.29) is 70.2 Å². The van der Waals surface area contributed by atoms with Crippen molar-refractivity contribution in [2.75, 3.05) is 26.2 Å². The summed E-state index contributed by atoms with van der Waals surface area (Å²) in [6.45, 7) is 7.40. The van der Waals surface area contributed by atoms with E-state index in [0.29, 0.717) is 16.9 Å². The Balaban J connectivity index is 0.00000196. The Kier molecular flexibility index (Phi) is 8.92. The van der Waals surface area contributed by atoms with E-state index in [1.165, 1.54) is 35.2 Å². The number of nitrogens with zero attached hydrogens (tertiary/aromatic N) is 3. The van der Waals surface area contributed by atoms with Gasteiger partial charge in [-0.25, -0.2) is 4.98 Å². The summed E-state index contributed by atoms with van der Waals surface area (Å²) in [4.78, 5) is 32.4. The Labute approximate surface area is 207 Å². The van der Waals surface area contributed by atoms with Gasteiger partial charge in [-0.2, -0.15) is 0 Å². The van der Waals surface area contributed by atoms with Crippen LogP contribution in [0, 0.1) is 0 Å². The smallest absolute Gasteiger partial charge is 1.00 e. The van der Waals surface area contributed by atoms with Crippen LogP contribution in [0.2, 0.25) is 0 Å². The molecule has 3 heterocycles. The van der Waals surface area contributed by atoms with Crippen molar-refractivity contribution in [3.05, 3.63) is 21.4 Å². The van der Waals surface area contributed by atoms with Crippen LogP contribution in [0.3, 0.4) is 0 Å². The zero-order valence-electron chi connectivity index (χ0n) is 17.3. The first-order valence-corrected chi connectivity index (χ1v) is 10.1. The van der Waals surface area contributed by atoms with E-state index in [4.69, 9.17) is 0 Å². The number of rotatable bonds is 6. The van der Waals surface area contributed by atoms with Crippen LogP contribution in [0.25, 0.3) is 10.3 Å². The number of carbonyl (C=O) groups excluding carboxylic acids is 1. The fourth-order valence-corrected chi connectivity index (χ4v) is 4.38. The first-order chi connectivity index (χ1) is 12.5. The maximum absolute atomic E-state index is 12.8. The summed E-state index contributed by atoms with van der Waals surface area (Å²) < 4.78 is 1.52. The molecular weight excluding hydrogens is 391 g/mol. The molecule has 2 aromatic rings. The summed E-state index contributed by atoms with van der Waals surface area (Å²) in [6.07, 6.45) is 4.60. The monoisotopic (exact) mass is 418 g/mol. The van der Waals surface area contributed by atoms with Crippen LogP contribution in [0.4, 0.5) is 0 Å². The number of carbonyl (C=O) groups is 1. The normalized spacial score (nSPS) is 15.1. The Bertz CT molecular complexity index is 849. The van der Waals surface area contributed by atoms with Gasteiger partial charge in [0.1, 0.15) is 15.9 Å². The van der Waals surface area contributed by atoms with Crippen LogP contribution in [0.1, 0.15) is 57.4 Å². The molecule has 7 nitrogen and oxygen atoms in total. The molecule has 0 aromatic carbocycles. The average Bonchev–Trinajstić information content (AvgIpc) is 3.09. The second-order valence-corrected chi connectivity index (χ2v) is 7.84. The molecule has 2 N–H and O–H groups in total. The second kappa shape index (κ2) is 10.5. The predicted octanol–water partition coefficient (Wildman–Crippen LogP) is -0.533. The summed E-state index contributed by atoms with van der Waals surface area (Å²) in [5.74, 6) is -0.855. The summed E-state index contributed by atoms with van der Waals surface area (Å²) in [7, 11) is 0. The van der Waals surface area contributed by atoms with Crippen LogP contribution in [0.15, 0.2) is 10.3 Å². The Morgan fingerprint density at radius 1 is 1.37 bits per heavy atom. The quantitative estimate of drug-likeness (QED) is 0.486. The van der Waals surface area contributed by atoms with Crippen molar-refractivity contribution in [1.82, 2.24) is 19.8 Å². The molecule has 3 rings (SSSR count). The number of nitrogens with one attached hydrogen (secondary N) is 1. The number of thiazole rings is 1. The second-order valence-electron chi connectivity index (χ2n) is 7.01. The van der Waals surface area contributed by atoms with E-state index >= 15 is 0 Å². The minimum absolute atomic E-state index is 0. The molecule has 1 fully saturated rings. The van der Waals surface area contributed by atoms with Crippen molar-refractivity contribution in [1.29, 1.82) is 0 Å². The zero-order chi connectivity index (χ0) is 18.7. The van der Waals surface area contributed by atoms with Gasteiger partial charge < -0.3 is 16.7 Å². The molecule has 1 saturated heterocycles. The Morgan fingerprint density at radius 3 is 2.74 bits per heavy atom. The van der Waals surface area contributed by atoms with Gasteiger partial charge >= 0.3 is 51.4 Å². The van der Waals surface area contributed by atoms with Gasteiger partial charge in [0, 0.05) is 12.6 Å². The molecule has 1 amide bonds. The molecule has 0 saturated carbocycles. The number of hydrogen-bond donors (Lipinski definition) is 2. The summed E-state index contributed by atoms with van der Waals surface area (Å²) in [6, 6.07) is -0.128. The van der Waals surface area contributed by atoms with E-state index in [1.807, 2.05) is 13.8 Å². The minimum Gasteiger partial charge on any atom is -1.00 e. The number of aromatic nitrogens is 2. The van der Waals surface area contributed by atoms with Gasteiger partial charge in [-0.15, -0.1) is 11.3 Å². The van der Waals surface area contributed by atoms with Gasteiger partial charge in [-0.1, -0.05) is 6.42 Å². The number of fused-ring (bicyclic) bond motifs is 1. The van der Waals surface area contributed by atoms with Gasteiger partial charge in [0.05, 0.1) is 5.51 Å². The van der Waals surface area contributed by atoms with Crippen molar-refractivity contribution in [2.24, 2.45) is 0 Å². The topological polar surface area (TPSA) is 87.5 Å². The van der Waals surface area contributed by atoms with Gasteiger partial charge in [0.15, 0.2) is 5.75 Å². The Morgan fingerprint density at radius 2 is 2.07 bits per heavy atom. The van der Waals surface area contributed by atoms with Gasteiger partial charge in [-0.05, 0) is 52.7 Å². The third-order valence-corrected chi connectivity index (χ3v) is 5.61. The molecule has 144 valence electrons. The van der Waals surface area contributed by atoms with Crippen molar-refractivity contribution in [2.45, 2.75) is 45.6 Å². The molecular formula is C18H27KN4O3S. The SMILES string of the molecule is CC(C)n1c(=O)c(C(=O)NCCCN2CCCCC2)c(O)c2ncsc21.[H-].[K+]. The Hall–Kier alpha value is -0.294. The van der Waals surface area contributed by atoms with Crippen molar-refractivity contribution < 1.29 is 62.7 Å². The minimum atomic E-state index is -0.532. The fourth-order valence-electron chi connectivity index (χ4n) is 3.46. The van der Waals surface area contributed by atoms with Crippen LogP contribution in [0.5, 0.6) is 5.75 Å². The van der Waals surface area contributed by atoms with E-state index in [0.717, 1.165) is 26.1 Å². The van der Waals surface area contributed by atoms with Crippen LogP contribution >= 0.6 is 11.3 Å². The molecule has 0 unspecified atom stereocenters. The molecule has 1 aliphatic heterocycles. The number of hydrogen-bond acceptors (Lipinski definition) is 6. The van der Waals surface area contributed by atoms with Gasteiger partial charge in [-0.3, -0.25) is 14.2 Å². The van der Waals surface area contributed by atoms with E-state index in [9.17, 15) is 14.7 Å². The summed E-state index contributed by atoms with van der Waals surface area (Å²) in [5.41, 5.74) is 1.20. The molecule has 0 bridgehead atoms. The third kappa shape index (κ3) is 5.20. The third-order valence-electron chi connectivity index (χ3n) is 4.79. The van der Waals surface area contributed by atoms with Crippen molar-refractivity contribution >= 4 is 27.6 Å². The van der Waals surface area contributed by atoms with E-state index in [1.54, 1.807) is 5.51 Å². The summed E-state index contributed by atoms with van der Waals surface area (Å²) in [5, 5.41) is 13.2.